The summed E-state index contributed by atoms with van der Waals surface area (Å²) in [5.74, 6) is 0.866. The Labute approximate surface area is 100 Å². The summed E-state index contributed by atoms with van der Waals surface area (Å²) in [5, 5.41) is 3.61. The lowest BCUT2D eigenvalue weighted by Crippen LogP contribution is -2.23. The van der Waals surface area contributed by atoms with E-state index in [0.717, 1.165) is 12.5 Å². The summed E-state index contributed by atoms with van der Waals surface area (Å²) in [7, 11) is 0. The van der Waals surface area contributed by atoms with Crippen molar-refractivity contribution in [1.82, 2.24) is 5.32 Å². The summed E-state index contributed by atoms with van der Waals surface area (Å²) in [5.41, 5.74) is 2.87. The number of halogens is 1. The normalized spacial score (nSPS) is 17.8. The number of rotatable bonds is 4. The summed E-state index contributed by atoms with van der Waals surface area (Å²) < 4.78 is 1.18. The van der Waals surface area contributed by atoms with Crippen LogP contribution in [0.5, 0.6) is 0 Å². The van der Waals surface area contributed by atoms with Crippen molar-refractivity contribution in [3.8, 4) is 0 Å². The Bertz CT molecular complexity index is 344. The highest BCUT2D eigenvalue weighted by Crippen LogP contribution is 2.42. The molecule has 0 bridgehead atoms. The van der Waals surface area contributed by atoms with Gasteiger partial charge in [0, 0.05) is 10.5 Å². The van der Waals surface area contributed by atoms with Crippen molar-refractivity contribution < 1.29 is 0 Å². The van der Waals surface area contributed by atoms with Crippen molar-refractivity contribution in [2.24, 2.45) is 5.92 Å². The van der Waals surface area contributed by atoms with Crippen LogP contribution in [-0.4, -0.2) is 6.54 Å². The van der Waals surface area contributed by atoms with Crippen molar-refractivity contribution in [3.05, 3.63) is 33.8 Å². The Balaban J connectivity index is 2.24. The predicted molar refractivity (Wildman–Crippen MR) is 68.0 cm³/mol. The van der Waals surface area contributed by atoms with E-state index in [-0.39, 0.29) is 0 Å². The van der Waals surface area contributed by atoms with Gasteiger partial charge in [-0.15, -0.1) is 0 Å². The smallest absolute Gasteiger partial charge is 0.0351 e. The van der Waals surface area contributed by atoms with E-state index in [1.54, 1.807) is 0 Å². The van der Waals surface area contributed by atoms with Gasteiger partial charge in [-0.2, -0.15) is 0 Å². The van der Waals surface area contributed by atoms with Gasteiger partial charge in [0.05, 0.1) is 0 Å². The third-order valence-electron chi connectivity index (χ3n) is 3.08. The molecular formula is C13H18BrN. The average Bonchev–Trinajstić information content (AvgIpc) is 2.98. The molecule has 2 heteroatoms. The Hall–Kier alpha value is -0.340. The first-order chi connectivity index (χ1) is 7.22. The molecule has 1 aromatic carbocycles. The number of nitrogens with one attached hydrogen (secondary N) is 1. The van der Waals surface area contributed by atoms with Crippen molar-refractivity contribution >= 4 is 15.9 Å². The largest absolute Gasteiger partial charge is 0.310 e. The quantitative estimate of drug-likeness (QED) is 0.875. The van der Waals surface area contributed by atoms with Crippen LogP contribution in [0.3, 0.4) is 0 Å². The molecule has 1 aliphatic rings. The average molecular weight is 268 g/mol. The number of benzene rings is 1. The second-order valence-corrected chi connectivity index (χ2v) is 5.29. The van der Waals surface area contributed by atoms with Gasteiger partial charge in [-0.25, -0.2) is 0 Å². The van der Waals surface area contributed by atoms with E-state index < -0.39 is 0 Å². The van der Waals surface area contributed by atoms with Crippen molar-refractivity contribution in [2.45, 2.75) is 32.7 Å². The summed E-state index contributed by atoms with van der Waals surface area (Å²) in [4.78, 5) is 0. The lowest BCUT2D eigenvalue weighted by molar-refractivity contribution is 0.494. The Kier molecular flexibility index (Phi) is 3.47. The molecule has 0 aliphatic heterocycles. The van der Waals surface area contributed by atoms with Crippen LogP contribution < -0.4 is 5.32 Å². The lowest BCUT2D eigenvalue weighted by Gasteiger charge is -2.20. The molecule has 1 nitrogen and oxygen atoms in total. The van der Waals surface area contributed by atoms with Crippen LogP contribution >= 0.6 is 15.9 Å². The van der Waals surface area contributed by atoms with Crippen molar-refractivity contribution in [1.29, 1.82) is 0 Å². The highest BCUT2D eigenvalue weighted by Gasteiger charge is 2.32. The molecule has 1 unspecified atom stereocenters. The molecular weight excluding hydrogens is 250 g/mol. The standard InChI is InChI=1S/C13H18BrN/c1-3-15-13(10-4-5-10)12-7-6-11(14)8-9(12)2/h6-8,10,13,15H,3-5H2,1-2H3. The maximum absolute atomic E-state index is 3.61. The molecule has 1 fully saturated rings. The zero-order valence-electron chi connectivity index (χ0n) is 9.39. The highest BCUT2D eigenvalue weighted by atomic mass is 79.9. The molecule has 1 aliphatic carbocycles. The third kappa shape index (κ3) is 2.61. The highest BCUT2D eigenvalue weighted by molar-refractivity contribution is 9.10. The number of hydrogen-bond donors (Lipinski definition) is 1. The van der Waals surface area contributed by atoms with Crippen LogP contribution in [-0.2, 0) is 0 Å². The minimum Gasteiger partial charge on any atom is -0.310 e. The summed E-state index contributed by atoms with van der Waals surface area (Å²) in [6.07, 6.45) is 2.76. The Morgan fingerprint density at radius 2 is 2.20 bits per heavy atom. The molecule has 1 N–H and O–H groups in total. The van der Waals surface area contributed by atoms with E-state index in [2.05, 4.69) is 53.3 Å². The fourth-order valence-corrected chi connectivity index (χ4v) is 2.64. The molecule has 0 radical (unpaired) electrons. The van der Waals surface area contributed by atoms with Crippen LogP contribution in [0.15, 0.2) is 22.7 Å². The molecule has 15 heavy (non-hydrogen) atoms. The van der Waals surface area contributed by atoms with Crippen LogP contribution in [0.2, 0.25) is 0 Å². The van der Waals surface area contributed by atoms with Crippen molar-refractivity contribution in [3.63, 3.8) is 0 Å². The van der Waals surface area contributed by atoms with Gasteiger partial charge in [-0.3, -0.25) is 0 Å². The van der Waals surface area contributed by atoms with Crippen LogP contribution in [0.4, 0.5) is 0 Å². The molecule has 1 atom stereocenters. The van der Waals surface area contributed by atoms with E-state index in [1.165, 1.54) is 28.4 Å². The minimum atomic E-state index is 0.572. The number of aryl methyl sites for hydroxylation is 1. The second kappa shape index (κ2) is 4.67. The molecule has 82 valence electrons. The molecule has 0 saturated heterocycles. The van der Waals surface area contributed by atoms with E-state index in [1.807, 2.05) is 0 Å². The molecule has 1 aromatic rings. The zero-order chi connectivity index (χ0) is 10.8. The minimum absolute atomic E-state index is 0.572. The van der Waals surface area contributed by atoms with Crippen molar-refractivity contribution in [2.75, 3.05) is 6.54 Å². The van der Waals surface area contributed by atoms with Crippen LogP contribution in [0.25, 0.3) is 0 Å². The summed E-state index contributed by atoms with van der Waals surface area (Å²) in [6, 6.07) is 7.19. The topological polar surface area (TPSA) is 12.0 Å². The zero-order valence-corrected chi connectivity index (χ0v) is 11.0. The maximum atomic E-state index is 3.61. The van der Waals surface area contributed by atoms with Crippen LogP contribution in [0.1, 0.15) is 36.9 Å². The van der Waals surface area contributed by atoms with Gasteiger partial charge < -0.3 is 5.32 Å². The molecule has 0 aromatic heterocycles. The van der Waals surface area contributed by atoms with Crippen LogP contribution in [0, 0.1) is 12.8 Å². The molecule has 2 rings (SSSR count). The van der Waals surface area contributed by atoms with Gasteiger partial charge in [-0.05, 0) is 55.5 Å². The first kappa shape index (κ1) is 11.2. The number of hydrogen-bond acceptors (Lipinski definition) is 1. The van der Waals surface area contributed by atoms with Gasteiger partial charge in [-0.1, -0.05) is 28.9 Å². The predicted octanol–water partition coefficient (Wildman–Crippen LogP) is 3.82. The summed E-state index contributed by atoms with van der Waals surface area (Å²) >= 11 is 3.52. The maximum Gasteiger partial charge on any atom is 0.0351 e. The van der Waals surface area contributed by atoms with Gasteiger partial charge in [0.1, 0.15) is 0 Å². The second-order valence-electron chi connectivity index (χ2n) is 4.37. The van der Waals surface area contributed by atoms with E-state index in [0.29, 0.717) is 6.04 Å². The fraction of sp³-hybridized carbons (Fsp3) is 0.538. The molecule has 0 heterocycles. The van der Waals surface area contributed by atoms with Gasteiger partial charge in [0.2, 0.25) is 0 Å². The monoisotopic (exact) mass is 267 g/mol. The first-order valence-corrected chi connectivity index (χ1v) is 6.51. The molecule has 0 spiro atoms. The molecule has 1 saturated carbocycles. The van der Waals surface area contributed by atoms with Gasteiger partial charge >= 0.3 is 0 Å². The Morgan fingerprint density at radius 3 is 2.73 bits per heavy atom. The lowest BCUT2D eigenvalue weighted by atomic mass is 9.98. The van der Waals surface area contributed by atoms with E-state index in [4.69, 9.17) is 0 Å². The molecule has 0 amide bonds. The van der Waals surface area contributed by atoms with Gasteiger partial charge in [0.25, 0.3) is 0 Å². The first-order valence-electron chi connectivity index (χ1n) is 5.71. The third-order valence-corrected chi connectivity index (χ3v) is 3.58. The van der Waals surface area contributed by atoms with E-state index >= 15 is 0 Å². The SMILES string of the molecule is CCNC(c1ccc(Br)cc1C)C1CC1. The summed E-state index contributed by atoms with van der Waals surface area (Å²) in [6.45, 7) is 5.44. The van der Waals surface area contributed by atoms with Gasteiger partial charge in [0.15, 0.2) is 0 Å². The fourth-order valence-electron chi connectivity index (χ4n) is 2.17. The Morgan fingerprint density at radius 1 is 1.47 bits per heavy atom. The van der Waals surface area contributed by atoms with E-state index in [9.17, 15) is 0 Å².